The highest BCUT2D eigenvalue weighted by Crippen LogP contribution is 2.29. The van der Waals surface area contributed by atoms with Crippen LogP contribution in [0, 0.1) is 0 Å². The summed E-state index contributed by atoms with van der Waals surface area (Å²) < 4.78 is 10.9. The van der Waals surface area contributed by atoms with Crippen LogP contribution in [0.15, 0.2) is 0 Å². The summed E-state index contributed by atoms with van der Waals surface area (Å²) in [7, 11) is 1.76. The van der Waals surface area contributed by atoms with Crippen LogP contribution in [-0.4, -0.2) is 32.0 Å². The first-order valence-electron chi connectivity index (χ1n) is 5.13. The molecule has 0 saturated carbocycles. The summed E-state index contributed by atoms with van der Waals surface area (Å²) in [4.78, 5) is 0. The van der Waals surface area contributed by atoms with Crippen molar-refractivity contribution in [3.05, 3.63) is 0 Å². The molecule has 0 aromatic heterocycles. The smallest absolute Gasteiger partial charge is 0.0872 e. The van der Waals surface area contributed by atoms with Gasteiger partial charge in [0, 0.05) is 39.2 Å². The second-order valence-electron chi connectivity index (χ2n) is 3.78. The van der Waals surface area contributed by atoms with Gasteiger partial charge >= 0.3 is 0 Å². The highest BCUT2D eigenvalue weighted by atomic mass is 16.5. The lowest BCUT2D eigenvalue weighted by atomic mass is 9.84. The molecule has 13 heavy (non-hydrogen) atoms. The fraction of sp³-hybridized carbons (Fsp3) is 1.00. The van der Waals surface area contributed by atoms with Gasteiger partial charge in [-0.3, -0.25) is 0 Å². The molecule has 3 nitrogen and oxygen atoms in total. The fourth-order valence-electron chi connectivity index (χ4n) is 2.02. The average Bonchev–Trinajstić information content (AvgIpc) is 2.19. The van der Waals surface area contributed by atoms with Crippen molar-refractivity contribution in [2.45, 2.75) is 44.2 Å². The Morgan fingerprint density at radius 1 is 1.46 bits per heavy atom. The van der Waals surface area contributed by atoms with Crippen molar-refractivity contribution < 1.29 is 9.47 Å². The van der Waals surface area contributed by atoms with E-state index in [0.717, 1.165) is 38.9 Å². The van der Waals surface area contributed by atoms with Gasteiger partial charge in [0.2, 0.25) is 0 Å². The lowest BCUT2D eigenvalue weighted by Crippen LogP contribution is -2.52. The van der Waals surface area contributed by atoms with Gasteiger partial charge in [0.1, 0.15) is 0 Å². The largest absolute Gasteiger partial charge is 0.381 e. The lowest BCUT2D eigenvalue weighted by molar-refractivity contribution is -0.105. The molecule has 1 aliphatic rings. The maximum Gasteiger partial charge on any atom is 0.0872 e. The quantitative estimate of drug-likeness (QED) is 0.721. The molecule has 0 radical (unpaired) electrons. The summed E-state index contributed by atoms with van der Waals surface area (Å²) in [6, 6.07) is 0.159. The number of methoxy groups -OCH3 is 1. The third-order valence-corrected chi connectivity index (χ3v) is 3.02. The Balaban J connectivity index is 2.55. The molecular formula is C10H21NO2. The van der Waals surface area contributed by atoms with Crippen molar-refractivity contribution in [3.63, 3.8) is 0 Å². The molecule has 0 aromatic carbocycles. The maximum absolute atomic E-state index is 6.12. The predicted molar refractivity (Wildman–Crippen MR) is 52.7 cm³/mol. The molecule has 2 N–H and O–H groups in total. The van der Waals surface area contributed by atoms with E-state index in [4.69, 9.17) is 15.2 Å². The van der Waals surface area contributed by atoms with Crippen LogP contribution < -0.4 is 5.73 Å². The fourth-order valence-corrected chi connectivity index (χ4v) is 2.02. The van der Waals surface area contributed by atoms with Crippen LogP contribution in [0.4, 0.5) is 0 Å². The van der Waals surface area contributed by atoms with E-state index in [1.807, 2.05) is 0 Å². The zero-order valence-electron chi connectivity index (χ0n) is 8.71. The second-order valence-corrected chi connectivity index (χ2v) is 3.78. The molecule has 0 unspecified atom stereocenters. The standard InChI is InChI=1S/C10H21NO2/c1-3-4-9(11)10(12-2)5-7-13-8-6-10/h9H,3-8,11H2,1-2H3/t9-/m1/s1. The summed E-state index contributed by atoms with van der Waals surface area (Å²) >= 11 is 0. The van der Waals surface area contributed by atoms with Gasteiger partial charge in [-0.15, -0.1) is 0 Å². The highest BCUT2D eigenvalue weighted by molar-refractivity contribution is 4.92. The molecule has 1 heterocycles. The molecule has 1 aliphatic heterocycles. The Kier molecular flexibility index (Phi) is 4.16. The molecule has 1 saturated heterocycles. The number of rotatable bonds is 4. The number of nitrogens with two attached hydrogens (primary N) is 1. The van der Waals surface area contributed by atoms with Gasteiger partial charge in [-0.25, -0.2) is 0 Å². The van der Waals surface area contributed by atoms with Gasteiger partial charge in [0.15, 0.2) is 0 Å². The van der Waals surface area contributed by atoms with Crippen molar-refractivity contribution in [1.29, 1.82) is 0 Å². The third-order valence-electron chi connectivity index (χ3n) is 3.02. The van der Waals surface area contributed by atoms with Crippen molar-refractivity contribution >= 4 is 0 Å². The van der Waals surface area contributed by atoms with Crippen LogP contribution in [0.5, 0.6) is 0 Å². The number of hydrogen-bond acceptors (Lipinski definition) is 3. The normalized spacial score (nSPS) is 24.2. The minimum atomic E-state index is -0.117. The van der Waals surface area contributed by atoms with Crippen molar-refractivity contribution in [3.8, 4) is 0 Å². The molecule has 78 valence electrons. The number of hydrogen-bond donors (Lipinski definition) is 1. The summed E-state index contributed by atoms with van der Waals surface area (Å²) in [5.74, 6) is 0. The summed E-state index contributed by atoms with van der Waals surface area (Å²) in [6.45, 7) is 3.72. The van der Waals surface area contributed by atoms with E-state index in [0.29, 0.717) is 0 Å². The van der Waals surface area contributed by atoms with Crippen LogP contribution in [0.3, 0.4) is 0 Å². The Morgan fingerprint density at radius 3 is 2.54 bits per heavy atom. The van der Waals surface area contributed by atoms with Crippen LogP contribution in [0.1, 0.15) is 32.6 Å². The Morgan fingerprint density at radius 2 is 2.08 bits per heavy atom. The van der Waals surface area contributed by atoms with E-state index in [2.05, 4.69) is 6.92 Å². The molecule has 1 atom stereocenters. The van der Waals surface area contributed by atoms with Crippen LogP contribution in [-0.2, 0) is 9.47 Å². The SMILES string of the molecule is CCC[C@@H](N)C1(OC)CCOCC1. The van der Waals surface area contributed by atoms with Gasteiger partial charge in [0.05, 0.1) is 5.60 Å². The van der Waals surface area contributed by atoms with Gasteiger partial charge in [-0.05, 0) is 6.42 Å². The Labute approximate surface area is 80.6 Å². The van der Waals surface area contributed by atoms with E-state index in [-0.39, 0.29) is 11.6 Å². The minimum absolute atomic E-state index is 0.117. The zero-order valence-corrected chi connectivity index (χ0v) is 8.71. The monoisotopic (exact) mass is 187 g/mol. The molecule has 0 spiro atoms. The van der Waals surface area contributed by atoms with Gasteiger partial charge < -0.3 is 15.2 Å². The zero-order chi connectivity index (χ0) is 9.73. The van der Waals surface area contributed by atoms with Gasteiger partial charge in [0.25, 0.3) is 0 Å². The third kappa shape index (κ3) is 2.42. The van der Waals surface area contributed by atoms with Crippen LogP contribution in [0.25, 0.3) is 0 Å². The highest BCUT2D eigenvalue weighted by Gasteiger charge is 2.37. The van der Waals surface area contributed by atoms with E-state index in [1.165, 1.54) is 0 Å². The van der Waals surface area contributed by atoms with Crippen LogP contribution in [0.2, 0.25) is 0 Å². The van der Waals surface area contributed by atoms with E-state index in [9.17, 15) is 0 Å². The van der Waals surface area contributed by atoms with Crippen molar-refractivity contribution in [2.24, 2.45) is 5.73 Å². The average molecular weight is 187 g/mol. The van der Waals surface area contributed by atoms with E-state index >= 15 is 0 Å². The lowest BCUT2D eigenvalue weighted by Gasteiger charge is -2.40. The first kappa shape index (κ1) is 11.0. The maximum atomic E-state index is 6.12. The molecule has 3 heteroatoms. The number of ether oxygens (including phenoxy) is 2. The molecule has 0 aliphatic carbocycles. The Hall–Kier alpha value is -0.120. The predicted octanol–water partition coefficient (Wildman–Crippen LogP) is 1.31. The van der Waals surface area contributed by atoms with E-state index < -0.39 is 0 Å². The van der Waals surface area contributed by atoms with Gasteiger partial charge in [-0.1, -0.05) is 13.3 Å². The Bertz CT molecular complexity index is 144. The van der Waals surface area contributed by atoms with Crippen molar-refractivity contribution in [2.75, 3.05) is 20.3 Å². The second kappa shape index (κ2) is 4.94. The molecular weight excluding hydrogens is 166 g/mol. The molecule has 1 rings (SSSR count). The van der Waals surface area contributed by atoms with Crippen LogP contribution >= 0.6 is 0 Å². The van der Waals surface area contributed by atoms with E-state index in [1.54, 1.807) is 7.11 Å². The summed E-state index contributed by atoms with van der Waals surface area (Å²) in [5.41, 5.74) is 6.01. The topological polar surface area (TPSA) is 44.5 Å². The summed E-state index contributed by atoms with van der Waals surface area (Å²) in [6.07, 6.45) is 4.02. The van der Waals surface area contributed by atoms with Crippen molar-refractivity contribution in [1.82, 2.24) is 0 Å². The molecule has 0 bridgehead atoms. The first-order chi connectivity index (χ1) is 6.25. The first-order valence-corrected chi connectivity index (χ1v) is 5.13. The molecule has 0 aromatic rings. The molecule has 0 amide bonds. The molecule has 1 fully saturated rings. The minimum Gasteiger partial charge on any atom is -0.381 e. The summed E-state index contributed by atoms with van der Waals surface area (Å²) in [5, 5.41) is 0. The van der Waals surface area contributed by atoms with Gasteiger partial charge in [-0.2, -0.15) is 0 Å².